The lowest BCUT2D eigenvalue weighted by Crippen LogP contribution is -2.11. The van der Waals surface area contributed by atoms with Crippen molar-refractivity contribution in [3.05, 3.63) is 69.6 Å². The van der Waals surface area contributed by atoms with Gasteiger partial charge in [0.2, 0.25) is 9.84 Å². The summed E-state index contributed by atoms with van der Waals surface area (Å²) in [6, 6.07) is 14.8. The van der Waals surface area contributed by atoms with Crippen LogP contribution in [0, 0.1) is 17.3 Å². The molecule has 0 aromatic heterocycles. The monoisotopic (exact) mass is 526 g/mol. The number of esters is 1. The van der Waals surface area contributed by atoms with E-state index < -0.39 is 9.84 Å². The highest BCUT2D eigenvalue weighted by Crippen LogP contribution is 2.60. The van der Waals surface area contributed by atoms with E-state index >= 15 is 0 Å². The highest BCUT2D eigenvalue weighted by molar-refractivity contribution is 9.28. The van der Waals surface area contributed by atoms with Gasteiger partial charge in [-0.3, -0.25) is 4.79 Å². The maximum absolute atomic E-state index is 12.8. The van der Waals surface area contributed by atoms with Crippen molar-refractivity contribution in [1.82, 2.24) is 0 Å². The molecule has 1 aliphatic rings. The number of carbonyl (C=O) groups is 1. The SMILES string of the molecule is CC1(C)[C@H](C(=O)OCc2cccc(S(=O)(=O)c3ccccc3)c2)[C@@H]1C=C(Br)Br. The van der Waals surface area contributed by atoms with E-state index in [9.17, 15) is 13.2 Å². The highest BCUT2D eigenvalue weighted by atomic mass is 79.9. The van der Waals surface area contributed by atoms with Gasteiger partial charge in [0.25, 0.3) is 0 Å². The summed E-state index contributed by atoms with van der Waals surface area (Å²) in [5.74, 6) is -0.392. The van der Waals surface area contributed by atoms with Gasteiger partial charge in [-0.1, -0.05) is 50.3 Å². The van der Waals surface area contributed by atoms with Gasteiger partial charge in [0, 0.05) is 0 Å². The molecule has 1 aliphatic carbocycles. The second-order valence-corrected chi connectivity index (χ2v) is 12.1. The second-order valence-electron chi connectivity index (χ2n) is 7.35. The molecular weight excluding hydrogens is 508 g/mol. The van der Waals surface area contributed by atoms with Gasteiger partial charge >= 0.3 is 5.97 Å². The van der Waals surface area contributed by atoms with Crippen LogP contribution >= 0.6 is 31.9 Å². The molecule has 1 fully saturated rings. The molecule has 2 aromatic carbocycles. The van der Waals surface area contributed by atoms with Crippen molar-refractivity contribution in [2.75, 3.05) is 0 Å². The molecule has 2 atom stereocenters. The summed E-state index contributed by atoms with van der Waals surface area (Å²) in [5, 5.41) is 0. The summed E-state index contributed by atoms with van der Waals surface area (Å²) in [7, 11) is -3.60. The molecule has 0 unspecified atom stereocenters. The van der Waals surface area contributed by atoms with Crippen LogP contribution in [0.25, 0.3) is 0 Å². The van der Waals surface area contributed by atoms with Crippen LogP contribution in [0.3, 0.4) is 0 Å². The molecule has 4 nitrogen and oxygen atoms in total. The van der Waals surface area contributed by atoms with E-state index in [-0.39, 0.29) is 39.6 Å². The predicted octanol–water partition coefficient (Wildman–Crippen LogP) is 5.47. The van der Waals surface area contributed by atoms with Crippen molar-refractivity contribution in [3.63, 3.8) is 0 Å². The van der Waals surface area contributed by atoms with Crippen LogP contribution in [-0.4, -0.2) is 14.4 Å². The Balaban J connectivity index is 1.71. The molecule has 7 heteroatoms. The van der Waals surface area contributed by atoms with Crippen LogP contribution in [0.4, 0.5) is 0 Å². The molecular formula is C21H20Br2O4S. The Kier molecular flexibility index (Phi) is 6.17. The third kappa shape index (κ3) is 4.42. The summed E-state index contributed by atoms with van der Waals surface area (Å²) in [6.07, 6.45) is 1.96. The number of allylic oxidation sites excluding steroid dienone is 1. The minimum Gasteiger partial charge on any atom is -0.461 e. The number of sulfone groups is 1. The van der Waals surface area contributed by atoms with Gasteiger partial charge in [0.1, 0.15) is 6.61 Å². The maximum Gasteiger partial charge on any atom is 0.310 e. The van der Waals surface area contributed by atoms with Gasteiger partial charge in [-0.15, -0.1) is 0 Å². The summed E-state index contributed by atoms with van der Waals surface area (Å²) in [5.41, 5.74) is 0.472. The first-order valence-corrected chi connectivity index (χ1v) is 11.8. The number of benzene rings is 2. The Morgan fingerprint density at radius 1 is 1.07 bits per heavy atom. The Labute approximate surface area is 182 Å². The van der Waals surface area contributed by atoms with E-state index in [1.165, 1.54) is 0 Å². The topological polar surface area (TPSA) is 60.4 Å². The fourth-order valence-corrected chi connectivity index (χ4v) is 5.28. The largest absolute Gasteiger partial charge is 0.461 e. The maximum atomic E-state index is 12.8. The molecule has 3 rings (SSSR count). The van der Waals surface area contributed by atoms with Gasteiger partial charge in [-0.05, 0) is 73.0 Å². The molecule has 0 N–H and O–H groups in total. The number of halogens is 2. The molecule has 28 heavy (non-hydrogen) atoms. The van der Waals surface area contributed by atoms with Gasteiger partial charge in [0.15, 0.2) is 0 Å². The molecule has 0 bridgehead atoms. The molecule has 148 valence electrons. The lowest BCUT2D eigenvalue weighted by Gasteiger charge is -2.09. The van der Waals surface area contributed by atoms with Crippen LogP contribution in [0.5, 0.6) is 0 Å². The molecule has 1 saturated carbocycles. The average Bonchev–Trinajstić information content (AvgIpc) is 3.20. The number of carbonyl (C=O) groups excluding carboxylic acids is 1. The van der Waals surface area contributed by atoms with Crippen molar-refractivity contribution in [2.45, 2.75) is 30.2 Å². The van der Waals surface area contributed by atoms with Gasteiger partial charge < -0.3 is 4.74 Å². The summed E-state index contributed by atoms with van der Waals surface area (Å²) in [6.45, 7) is 4.08. The lowest BCUT2D eigenvalue weighted by molar-refractivity contribution is -0.147. The third-order valence-electron chi connectivity index (χ3n) is 5.11. The number of hydrogen-bond donors (Lipinski definition) is 0. The van der Waals surface area contributed by atoms with Crippen LogP contribution in [0.1, 0.15) is 19.4 Å². The number of rotatable bonds is 6. The number of hydrogen-bond acceptors (Lipinski definition) is 4. The third-order valence-corrected chi connectivity index (χ3v) is 7.41. The normalized spacial score (nSPS) is 20.3. The average molecular weight is 528 g/mol. The first-order chi connectivity index (χ1) is 13.1. The smallest absolute Gasteiger partial charge is 0.310 e. The zero-order valence-corrected chi connectivity index (χ0v) is 19.4. The van der Waals surface area contributed by atoms with Crippen LogP contribution < -0.4 is 0 Å². The Bertz CT molecular complexity index is 1010. The Morgan fingerprint density at radius 3 is 2.36 bits per heavy atom. The lowest BCUT2D eigenvalue weighted by atomic mass is 10.1. The minimum atomic E-state index is -3.60. The van der Waals surface area contributed by atoms with Gasteiger partial charge in [-0.25, -0.2) is 8.42 Å². The Hall–Kier alpha value is -1.44. The molecule has 0 radical (unpaired) electrons. The van der Waals surface area contributed by atoms with Gasteiger partial charge in [0.05, 0.1) is 19.1 Å². The van der Waals surface area contributed by atoms with Crippen LogP contribution in [0.2, 0.25) is 0 Å². The first kappa shape index (κ1) is 21.3. The summed E-state index contributed by atoms with van der Waals surface area (Å²) < 4.78 is 31.8. The van der Waals surface area contributed by atoms with E-state index in [4.69, 9.17) is 4.74 Å². The molecule has 0 aliphatic heterocycles. The van der Waals surface area contributed by atoms with Crippen molar-refractivity contribution in [1.29, 1.82) is 0 Å². The Morgan fingerprint density at radius 2 is 1.71 bits per heavy atom. The zero-order valence-electron chi connectivity index (χ0n) is 15.4. The van der Waals surface area contributed by atoms with E-state index in [2.05, 4.69) is 31.9 Å². The van der Waals surface area contributed by atoms with E-state index in [1.807, 2.05) is 19.9 Å². The summed E-state index contributed by atoms with van der Waals surface area (Å²) >= 11 is 6.67. The van der Waals surface area contributed by atoms with Crippen LogP contribution in [-0.2, 0) is 26.0 Å². The molecule has 0 saturated heterocycles. The fraction of sp³-hybridized carbons (Fsp3) is 0.286. The highest BCUT2D eigenvalue weighted by Gasteiger charge is 2.61. The fourth-order valence-electron chi connectivity index (χ4n) is 3.36. The van der Waals surface area contributed by atoms with Crippen LogP contribution in [0.15, 0.2) is 73.9 Å². The molecule has 0 spiro atoms. The molecule has 0 amide bonds. The summed E-state index contributed by atoms with van der Waals surface area (Å²) in [4.78, 5) is 12.9. The zero-order chi connectivity index (χ0) is 20.5. The minimum absolute atomic E-state index is 0.0372. The second kappa shape index (κ2) is 8.13. The molecule has 0 heterocycles. The standard InChI is InChI=1S/C21H20Br2O4S/c1-21(2)17(12-18(22)23)19(21)20(24)27-13-14-7-6-10-16(11-14)28(25,26)15-8-4-3-5-9-15/h3-12,17,19H,13H2,1-2H3/t17-,19-/m0/s1. The molecule has 2 aromatic rings. The van der Waals surface area contributed by atoms with Crippen molar-refractivity contribution >= 4 is 47.7 Å². The van der Waals surface area contributed by atoms with Crippen molar-refractivity contribution < 1.29 is 17.9 Å². The van der Waals surface area contributed by atoms with Crippen molar-refractivity contribution in [2.24, 2.45) is 17.3 Å². The number of ether oxygens (including phenoxy) is 1. The predicted molar refractivity (Wildman–Crippen MR) is 115 cm³/mol. The van der Waals surface area contributed by atoms with E-state index in [1.54, 1.807) is 54.6 Å². The van der Waals surface area contributed by atoms with E-state index in [0.717, 1.165) is 3.39 Å². The van der Waals surface area contributed by atoms with E-state index in [0.29, 0.717) is 5.56 Å². The van der Waals surface area contributed by atoms with Gasteiger partial charge in [-0.2, -0.15) is 0 Å². The quantitative estimate of drug-likeness (QED) is 0.467. The first-order valence-electron chi connectivity index (χ1n) is 8.72. The van der Waals surface area contributed by atoms with Crippen molar-refractivity contribution in [3.8, 4) is 0 Å².